The number of methoxy groups -OCH3 is 3. The van der Waals surface area contributed by atoms with Crippen LogP contribution in [-0.4, -0.2) is 221 Å². The van der Waals surface area contributed by atoms with Crippen molar-refractivity contribution in [2.24, 2.45) is 0 Å². The van der Waals surface area contributed by atoms with Crippen LogP contribution in [0.5, 0.6) is 0 Å². The fourth-order valence-corrected chi connectivity index (χ4v) is 5.41. The minimum absolute atomic E-state index is 0.218. The van der Waals surface area contributed by atoms with Gasteiger partial charge in [0, 0.05) is 72.9 Å². The monoisotopic (exact) mass is 828 g/mol. The van der Waals surface area contributed by atoms with Gasteiger partial charge in [-0.1, -0.05) is 6.42 Å². The molecule has 0 amide bonds. The topological polar surface area (TPSA) is 129 Å². The van der Waals surface area contributed by atoms with Crippen LogP contribution in [0.4, 0.5) is 0 Å². The molecule has 2 heterocycles. The number of nitrogens with one attached hydrogen (secondary N) is 1. The van der Waals surface area contributed by atoms with Gasteiger partial charge in [-0.3, -0.25) is 4.90 Å². The maximum Gasteiger partial charge on any atom is 0.0701 e. The first kappa shape index (κ1) is 56.4. The summed E-state index contributed by atoms with van der Waals surface area (Å²) in [5.41, 5.74) is 0.218. The van der Waals surface area contributed by atoms with Gasteiger partial charge in [0.15, 0.2) is 0 Å². The largest absolute Gasteiger partial charge is 0.382 e. The number of hydrogen-bond acceptors (Lipinski definition) is 15. The molecule has 0 atom stereocenters. The second-order valence-electron chi connectivity index (χ2n) is 14.8. The van der Waals surface area contributed by atoms with Crippen molar-refractivity contribution < 1.29 is 56.8 Å². The molecule has 2 aliphatic rings. The fraction of sp³-hybridized carbons (Fsp3) is 1.00. The molecule has 0 aliphatic carbocycles. The van der Waals surface area contributed by atoms with Crippen molar-refractivity contribution in [3.05, 3.63) is 0 Å². The van der Waals surface area contributed by atoms with Gasteiger partial charge in [0.05, 0.1) is 119 Å². The summed E-state index contributed by atoms with van der Waals surface area (Å²) in [4.78, 5) is 4.96. The van der Waals surface area contributed by atoms with Crippen LogP contribution in [0, 0.1) is 0 Å². The van der Waals surface area contributed by atoms with Crippen LogP contribution in [0.25, 0.3) is 0 Å². The van der Waals surface area contributed by atoms with Gasteiger partial charge in [-0.05, 0) is 78.9 Å². The predicted molar refractivity (Wildman–Crippen MR) is 226 cm³/mol. The molecule has 2 aliphatic heterocycles. The summed E-state index contributed by atoms with van der Waals surface area (Å²) in [7, 11) is 5.00. The van der Waals surface area contributed by atoms with E-state index < -0.39 is 0 Å². The quantitative estimate of drug-likeness (QED) is 0.0912. The van der Waals surface area contributed by atoms with Crippen LogP contribution in [0.2, 0.25) is 0 Å². The van der Waals surface area contributed by atoms with Crippen LogP contribution in [0.15, 0.2) is 0 Å². The Kier molecular flexibility index (Phi) is 46.0. The first-order valence-corrected chi connectivity index (χ1v) is 21.8. The minimum Gasteiger partial charge on any atom is -0.382 e. The van der Waals surface area contributed by atoms with E-state index in [2.05, 4.69) is 35.9 Å². The standard InChI is InChI=1S/C15H31NO4.C14H29NO5.C13H29NO3/c1-17-10-11-19-14-15-20-13-12-18-9-5-8-16-6-3-2-4-7-16;1-16-9-10-19-13-14-20-12-11-17-6-2-3-15-4-7-18-8-5-15;1-13(2,3)14-7-5-6-8-16-11-12-17-10-9-15-4/h2-15H2,1H3;2-14H2,1H3;14H,5-12H2,1-4H3. The van der Waals surface area contributed by atoms with E-state index in [1.54, 1.807) is 21.3 Å². The lowest BCUT2D eigenvalue weighted by Gasteiger charge is -2.26. The summed E-state index contributed by atoms with van der Waals surface area (Å²) in [6.07, 6.45) is 8.57. The van der Waals surface area contributed by atoms with Crippen molar-refractivity contribution in [3.63, 3.8) is 0 Å². The Bertz CT molecular complexity index is 704. The number of piperidine rings is 1. The summed E-state index contributed by atoms with van der Waals surface area (Å²) < 4.78 is 63.1. The van der Waals surface area contributed by atoms with Crippen LogP contribution >= 0.6 is 0 Å². The molecule has 0 radical (unpaired) electrons. The molecule has 0 unspecified atom stereocenters. The lowest BCUT2D eigenvalue weighted by atomic mass is 10.1. The molecule has 1 N–H and O–H groups in total. The molecule has 0 aromatic heterocycles. The number of nitrogens with zero attached hydrogens (tertiary/aromatic N) is 2. The number of rotatable bonds is 37. The highest BCUT2D eigenvalue weighted by Gasteiger charge is 2.10. The highest BCUT2D eigenvalue weighted by Crippen LogP contribution is 2.08. The van der Waals surface area contributed by atoms with E-state index in [0.29, 0.717) is 106 Å². The predicted octanol–water partition coefficient (Wildman–Crippen LogP) is 3.80. The molecule has 2 saturated heterocycles. The third kappa shape index (κ3) is 47.9. The van der Waals surface area contributed by atoms with Crippen LogP contribution in [-0.2, 0) is 56.8 Å². The lowest BCUT2D eigenvalue weighted by Crippen LogP contribution is -2.37. The Morgan fingerprint density at radius 3 is 1.11 bits per heavy atom. The molecular weight excluding hydrogens is 738 g/mol. The zero-order valence-electron chi connectivity index (χ0n) is 37.5. The first-order valence-electron chi connectivity index (χ1n) is 21.8. The van der Waals surface area contributed by atoms with E-state index in [9.17, 15) is 0 Å². The molecule has 0 aromatic rings. The van der Waals surface area contributed by atoms with Gasteiger partial charge in [-0.25, -0.2) is 0 Å². The Hall–Kier alpha value is -0.600. The molecule has 15 nitrogen and oxygen atoms in total. The highest BCUT2D eigenvalue weighted by molar-refractivity contribution is 4.69. The molecular formula is C42H89N3O12. The second-order valence-corrected chi connectivity index (χ2v) is 14.8. The number of hydrogen-bond donors (Lipinski definition) is 1. The fourth-order valence-electron chi connectivity index (χ4n) is 5.41. The maximum atomic E-state index is 5.56. The van der Waals surface area contributed by atoms with Gasteiger partial charge >= 0.3 is 0 Å². The maximum absolute atomic E-state index is 5.56. The molecule has 0 saturated carbocycles. The molecule has 0 aromatic carbocycles. The summed E-state index contributed by atoms with van der Waals surface area (Å²) in [6.45, 7) is 28.9. The van der Waals surface area contributed by atoms with Crippen LogP contribution in [0.3, 0.4) is 0 Å². The first-order chi connectivity index (χ1) is 27.9. The number of morpholine rings is 1. The highest BCUT2D eigenvalue weighted by atomic mass is 16.6. The number of unbranched alkanes of at least 4 members (excludes halogenated alkanes) is 1. The number of ether oxygens (including phenoxy) is 12. The Labute approximate surface area is 348 Å². The van der Waals surface area contributed by atoms with Gasteiger partial charge in [-0.2, -0.15) is 0 Å². The minimum atomic E-state index is 0.218. The Balaban J connectivity index is 0.000000829. The molecule has 2 fully saturated rings. The van der Waals surface area contributed by atoms with E-state index in [1.165, 1.54) is 38.9 Å². The molecule has 0 spiro atoms. The second kappa shape index (κ2) is 46.5. The zero-order chi connectivity index (χ0) is 41.6. The Morgan fingerprint density at radius 2 is 0.737 bits per heavy atom. The average molecular weight is 828 g/mol. The van der Waals surface area contributed by atoms with Crippen LogP contribution < -0.4 is 5.32 Å². The summed E-state index contributed by atoms with van der Waals surface area (Å²) >= 11 is 0. The smallest absolute Gasteiger partial charge is 0.0701 e. The summed E-state index contributed by atoms with van der Waals surface area (Å²) in [5.74, 6) is 0. The Morgan fingerprint density at radius 1 is 0.404 bits per heavy atom. The van der Waals surface area contributed by atoms with Crippen LogP contribution in [0.1, 0.15) is 65.7 Å². The van der Waals surface area contributed by atoms with Crippen molar-refractivity contribution in [3.8, 4) is 0 Å². The molecule has 2 rings (SSSR count). The number of likely N-dealkylation sites (tertiary alicyclic amines) is 1. The SMILES string of the molecule is COCCOCCOCCCCNC(C)(C)C.COCCOCCOCCOCCCN1CCCCC1.COCCOCCOCCOCCCN1CCOCC1. The lowest BCUT2D eigenvalue weighted by molar-refractivity contribution is 0.000382. The average Bonchev–Trinajstić information content (AvgIpc) is 3.21. The van der Waals surface area contributed by atoms with E-state index in [-0.39, 0.29) is 5.54 Å². The van der Waals surface area contributed by atoms with Gasteiger partial charge in [0.1, 0.15) is 0 Å². The van der Waals surface area contributed by atoms with E-state index in [1.807, 2.05) is 0 Å². The van der Waals surface area contributed by atoms with Crippen molar-refractivity contribution in [2.75, 3.05) is 206 Å². The molecule has 57 heavy (non-hydrogen) atoms. The molecule has 344 valence electrons. The van der Waals surface area contributed by atoms with Crippen molar-refractivity contribution >= 4 is 0 Å². The third-order valence-electron chi connectivity index (χ3n) is 8.60. The van der Waals surface area contributed by atoms with Gasteiger partial charge in [0.25, 0.3) is 0 Å². The summed E-state index contributed by atoms with van der Waals surface area (Å²) in [5, 5.41) is 3.45. The van der Waals surface area contributed by atoms with Gasteiger partial charge in [0.2, 0.25) is 0 Å². The molecule has 0 bridgehead atoms. The van der Waals surface area contributed by atoms with Crippen molar-refractivity contribution in [1.29, 1.82) is 0 Å². The van der Waals surface area contributed by atoms with Gasteiger partial charge in [-0.15, -0.1) is 0 Å². The zero-order valence-corrected chi connectivity index (χ0v) is 37.5. The van der Waals surface area contributed by atoms with Crippen molar-refractivity contribution in [1.82, 2.24) is 15.1 Å². The van der Waals surface area contributed by atoms with Gasteiger partial charge < -0.3 is 67.1 Å². The van der Waals surface area contributed by atoms with E-state index in [4.69, 9.17) is 56.8 Å². The third-order valence-corrected chi connectivity index (χ3v) is 8.60. The van der Waals surface area contributed by atoms with E-state index in [0.717, 1.165) is 84.9 Å². The normalized spacial score (nSPS) is 15.3. The van der Waals surface area contributed by atoms with E-state index >= 15 is 0 Å². The molecule has 15 heteroatoms. The summed E-state index contributed by atoms with van der Waals surface area (Å²) in [6, 6.07) is 0. The van der Waals surface area contributed by atoms with Crippen molar-refractivity contribution in [2.45, 2.75) is 71.3 Å².